The summed E-state index contributed by atoms with van der Waals surface area (Å²) < 4.78 is 39.8. The van der Waals surface area contributed by atoms with Crippen LogP contribution >= 0.6 is 0 Å². The highest BCUT2D eigenvalue weighted by Gasteiger charge is 2.36. The molecular formula is C17H11F3N4. The average molecular weight is 328 g/mol. The molecule has 0 N–H and O–H groups in total. The summed E-state index contributed by atoms with van der Waals surface area (Å²) in [5.74, 6) is -1.05. The molecule has 0 fully saturated rings. The van der Waals surface area contributed by atoms with Crippen molar-refractivity contribution in [3.63, 3.8) is 0 Å². The van der Waals surface area contributed by atoms with Gasteiger partial charge < -0.3 is 0 Å². The Morgan fingerprint density at radius 3 is 2.38 bits per heavy atom. The monoisotopic (exact) mass is 328 g/mol. The summed E-state index contributed by atoms with van der Waals surface area (Å²) >= 11 is 0. The number of rotatable bonds is 2. The van der Waals surface area contributed by atoms with E-state index < -0.39 is 12.0 Å². The van der Waals surface area contributed by atoms with E-state index in [-0.39, 0.29) is 5.65 Å². The molecule has 0 amide bonds. The first-order valence-electron chi connectivity index (χ1n) is 6.99. The van der Waals surface area contributed by atoms with Crippen molar-refractivity contribution < 1.29 is 13.2 Å². The fraction of sp³-hybridized carbons (Fsp3) is 0.118. The highest BCUT2D eigenvalue weighted by molar-refractivity contribution is 5.71. The van der Waals surface area contributed by atoms with Crippen LogP contribution in [-0.2, 0) is 6.18 Å². The van der Waals surface area contributed by atoms with E-state index >= 15 is 0 Å². The molecule has 0 saturated carbocycles. The van der Waals surface area contributed by atoms with E-state index in [1.54, 1.807) is 18.2 Å². The van der Waals surface area contributed by atoms with Crippen molar-refractivity contribution in [3.8, 4) is 17.2 Å². The van der Waals surface area contributed by atoms with Crippen molar-refractivity contribution in [2.75, 3.05) is 0 Å². The van der Waals surface area contributed by atoms with Crippen LogP contribution in [0.3, 0.4) is 0 Å². The Kier molecular flexibility index (Phi) is 3.81. The Morgan fingerprint density at radius 1 is 1.08 bits per heavy atom. The second kappa shape index (κ2) is 5.81. The number of hydrogen-bond acceptors (Lipinski definition) is 3. The Bertz CT molecular complexity index is 960. The lowest BCUT2D eigenvalue weighted by atomic mass is 10.0. The number of nitriles is 1. The second-order valence-corrected chi connectivity index (χ2v) is 5.20. The maximum atomic E-state index is 12.9. The van der Waals surface area contributed by atoms with Crippen LogP contribution in [0.2, 0.25) is 0 Å². The first-order valence-corrected chi connectivity index (χ1v) is 6.99. The molecule has 0 unspecified atom stereocenters. The fourth-order valence-electron chi connectivity index (χ4n) is 2.36. The molecule has 0 bridgehead atoms. The van der Waals surface area contributed by atoms with E-state index in [4.69, 9.17) is 5.26 Å². The predicted molar refractivity (Wildman–Crippen MR) is 82.7 cm³/mol. The normalized spacial score (nSPS) is 12.4. The SMILES string of the molecule is C/C(=C\C#N)c1ccc(-c2ccc3nnc(C(F)(F)F)n3c2)cc1. The Balaban J connectivity index is 2.04. The summed E-state index contributed by atoms with van der Waals surface area (Å²) in [6.07, 6.45) is -1.76. The topological polar surface area (TPSA) is 54.0 Å². The van der Waals surface area contributed by atoms with Crippen LogP contribution < -0.4 is 0 Å². The zero-order chi connectivity index (χ0) is 17.3. The van der Waals surface area contributed by atoms with E-state index in [1.165, 1.54) is 18.3 Å². The summed E-state index contributed by atoms with van der Waals surface area (Å²) in [5.41, 5.74) is 3.20. The van der Waals surface area contributed by atoms with Gasteiger partial charge in [-0.05, 0) is 41.3 Å². The number of fused-ring (bicyclic) bond motifs is 1. The maximum Gasteiger partial charge on any atom is 0.452 e. The van der Waals surface area contributed by atoms with E-state index in [2.05, 4.69) is 10.2 Å². The van der Waals surface area contributed by atoms with Crippen LogP contribution in [-0.4, -0.2) is 14.6 Å². The van der Waals surface area contributed by atoms with Gasteiger partial charge in [-0.25, -0.2) is 0 Å². The minimum atomic E-state index is -4.57. The average Bonchev–Trinajstić information content (AvgIpc) is 2.98. The van der Waals surface area contributed by atoms with Gasteiger partial charge in [-0.3, -0.25) is 4.40 Å². The number of allylic oxidation sites excluding steroid dienone is 2. The standard InChI is InChI=1S/C17H11F3N4/c1-11(8-9-21)12-2-4-13(5-3-12)14-6-7-15-22-23-16(17(18,19)20)24(15)10-14/h2-8,10H,1H3/b11-8+. The zero-order valence-electron chi connectivity index (χ0n) is 12.5. The molecule has 0 saturated heterocycles. The zero-order valence-corrected chi connectivity index (χ0v) is 12.5. The van der Waals surface area contributed by atoms with Crippen molar-refractivity contribution in [1.29, 1.82) is 5.26 Å². The van der Waals surface area contributed by atoms with Crippen LogP contribution in [0.1, 0.15) is 18.3 Å². The van der Waals surface area contributed by atoms with Crippen molar-refractivity contribution in [2.24, 2.45) is 0 Å². The Hall–Kier alpha value is -3.14. The molecule has 0 radical (unpaired) electrons. The quantitative estimate of drug-likeness (QED) is 0.658. The predicted octanol–water partition coefficient (Wildman–Crippen LogP) is 4.34. The lowest BCUT2D eigenvalue weighted by Gasteiger charge is -2.07. The van der Waals surface area contributed by atoms with E-state index in [0.717, 1.165) is 21.1 Å². The third kappa shape index (κ3) is 2.86. The van der Waals surface area contributed by atoms with E-state index in [0.29, 0.717) is 5.56 Å². The molecule has 2 aromatic heterocycles. The van der Waals surface area contributed by atoms with Crippen molar-refractivity contribution in [3.05, 3.63) is 60.1 Å². The molecule has 4 nitrogen and oxygen atoms in total. The van der Waals surface area contributed by atoms with Crippen molar-refractivity contribution >= 4 is 11.2 Å². The number of alkyl halides is 3. The van der Waals surface area contributed by atoms with Crippen molar-refractivity contribution in [1.82, 2.24) is 14.6 Å². The highest BCUT2D eigenvalue weighted by Crippen LogP contribution is 2.29. The van der Waals surface area contributed by atoms with Gasteiger partial charge in [0.05, 0.1) is 6.07 Å². The van der Waals surface area contributed by atoms with E-state index in [9.17, 15) is 13.2 Å². The molecule has 7 heteroatoms. The van der Waals surface area contributed by atoms with Crippen LogP contribution in [0.4, 0.5) is 13.2 Å². The number of nitrogens with zero attached hydrogens (tertiary/aromatic N) is 4. The summed E-state index contributed by atoms with van der Waals surface area (Å²) in [5, 5.41) is 15.4. The molecule has 120 valence electrons. The number of pyridine rings is 1. The fourth-order valence-corrected chi connectivity index (χ4v) is 2.36. The second-order valence-electron chi connectivity index (χ2n) is 5.20. The van der Waals surface area contributed by atoms with Crippen LogP contribution in [0.5, 0.6) is 0 Å². The third-order valence-electron chi connectivity index (χ3n) is 3.61. The van der Waals surface area contributed by atoms with Gasteiger partial charge in [0.1, 0.15) is 0 Å². The third-order valence-corrected chi connectivity index (χ3v) is 3.61. The first-order chi connectivity index (χ1) is 11.4. The Morgan fingerprint density at radius 2 is 1.75 bits per heavy atom. The lowest BCUT2D eigenvalue weighted by molar-refractivity contribution is -0.145. The summed E-state index contributed by atoms with van der Waals surface area (Å²) in [7, 11) is 0. The number of benzene rings is 1. The summed E-state index contributed by atoms with van der Waals surface area (Å²) in [6, 6.07) is 12.4. The maximum absolute atomic E-state index is 12.9. The molecule has 3 aromatic rings. The molecule has 0 aliphatic rings. The molecule has 1 aromatic carbocycles. The van der Waals surface area contributed by atoms with Gasteiger partial charge in [0.2, 0.25) is 5.82 Å². The van der Waals surface area contributed by atoms with Gasteiger partial charge in [-0.2, -0.15) is 18.4 Å². The number of aromatic nitrogens is 3. The summed E-state index contributed by atoms with van der Waals surface area (Å²) in [6.45, 7) is 1.82. The van der Waals surface area contributed by atoms with Gasteiger partial charge in [-0.1, -0.05) is 24.3 Å². The smallest absolute Gasteiger partial charge is 0.278 e. The summed E-state index contributed by atoms with van der Waals surface area (Å²) in [4.78, 5) is 0. The molecule has 24 heavy (non-hydrogen) atoms. The van der Waals surface area contributed by atoms with Gasteiger partial charge in [0.15, 0.2) is 5.65 Å². The minimum absolute atomic E-state index is 0.135. The Labute approximate surface area is 135 Å². The van der Waals surface area contributed by atoms with E-state index in [1.807, 2.05) is 25.1 Å². The van der Waals surface area contributed by atoms with Crippen LogP contribution in [0.15, 0.2) is 48.7 Å². The highest BCUT2D eigenvalue weighted by atomic mass is 19.4. The van der Waals surface area contributed by atoms with Crippen LogP contribution in [0, 0.1) is 11.3 Å². The van der Waals surface area contributed by atoms with Gasteiger partial charge >= 0.3 is 6.18 Å². The molecule has 0 aliphatic carbocycles. The van der Waals surface area contributed by atoms with Crippen LogP contribution in [0.25, 0.3) is 22.3 Å². The molecular weight excluding hydrogens is 317 g/mol. The number of halogens is 3. The lowest BCUT2D eigenvalue weighted by Crippen LogP contribution is -2.10. The van der Waals surface area contributed by atoms with Crippen molar-refractivity contribution in [2.45, 2.75) is 13.1 Å². The molecule has 2 heterocycles. The largest absolute Gasteiger partial charge is 0.452 e. The molecule has 0 aliphatic heterocycles. The first kappa shape index (κ1) is 15.7. The molecule has 3 rings (SSSR count). The van der Waals surface area contributed by atoms with Gasteiger partial charge in [-0.15, -0.1) is 10.2 Å². The number of hydrogen-bond donors (Lipinski definition) is 0. The van der Waals surface area contributed by atoms with Gasteiger partial charge in [0, 0.05) is 12.3 Å². The minimum Gasteiger partial charge on any atom is -0.278 e. The molecule has 0 atom stereocenters. The van der Waals surface area contributed by atoms with Gasteiger partial charge in [0.25, 0.3) is 0 Å². The molecule has 0 spiro atoms.